The number of para-hydroxylation sites is 1. The summed E-state index contributed by atoms with van der Waals surface area (Å²) < 4.78 is 26.9. The lowest BCUT2D eigenvalue weighted by molar-refractivity contribution is -0.120. The number of nitrogens with one attached hydrogen (secondary N) is 1. The van der Waals surface area contributed by atoms with Crippen molar-refractivity contribution in [2.75, 3.05) is 10.2 Å². The van der Waals surface area contributed by atoms with E-state index in [1.54, 1.807) is 42.5 Å². The molecule has 144 valence electrons. The van der Waals surface area contributed by atoms with Gasteiger partial charge in [0.25, 0.3) is 11.8 Å². The first-order chi connectivity index (χ1) is 14.0. The molecule has 3 aromatic rings. The number of carbonyl (C=O) groups is 2. The van der Waals surface area contributed by atoms with Crippen molar-refractivity contribution in [1.29, 1.82) is 0 Å². The first kappa shape index (κ1) is 18.6. The standard InChI is InChI=1S/C23H16F2N2O2/c1-14-7-9-15(10-8-14)20-21(26-16-11-12-18(24)19(25)13-16)23(29)27(22(20)28)17-5-3-2-4-6-17/h2-13,26H,1H3. The Morgan fingerprint density at radius 3 is 2.14 bits per heavy atom. The van der Waals surface area contributed by atoms with Crippen molar-refractivity contribution in [3.05, 3.63) is 101 Å². The molecule has 0 atom stereocenters. The van der Waals surface area contributed by atoms with E-state index in [4.69, 9.17) is 0 Å². The molecule has 0 aliphatic carbocycles. The Balaban J connectivity index is 1.82. The number of carbonyl (C=O) groups excluding carboxylic acids is 2. The van der Waals surface area contributed by atoms with Crippen LogP contribution < -0.4 is 10.2 Å². The summed E-state index contributed by atoms with van der Waals surface area (Å²) in [7, 11) is 0. The Hall–Kier alpha value is -3.80. The van der Waals surface area contributed by atoms with Crippen LogP contribution in [0.3, 0.4) is 0 Å². The Morgan fingerprint density at radius 2 is 1.48 bits per heavy atom. The van der Waals surface area contributed by atoms with Gasteiger partial charge in [0.05, 0.1) is 11.3 Å². The third kappa shape index (κ3) is 3.40. The van der Waals surface area contributed by atoms with Gasteiger partial charge in [-0.15, -0.1) is 0 Å². The number of anilines is 2. The van der Waals surface area contributed by atoms with Gasteiger partial charge in [-0.3, -0.25) is 9.59 Å². The summed E-state index contributed by atoms with van der Waals surface area (Å²) >= 11 is 0. The van der Waals surface area contributed by atoms with Crippen LogP contribution in [0.5, 0.6) is 0 Å². The predicted octanol–water partition coefficient (Wildman–Crippen LogP) is 4.67. The summed E-state index contributed by atoms with van der Waals surface area (Å²) in [6.45, 7) is 1.91. The van der Waals surface area contributed by atoms with Gasteiger partial charge in [-0.2, -0.15) is 0 Å². The van der Waals surface area contributed by atoms with Crippen LogP contribution in [0, 0.1) is 18.6 Å². The van der Waals surface area contributed by atoms with Gasteiger partial charge < -0.3 is 5.32 Å². The molecule has 0 aromatic heterocycles. The molecule has 29 heavy (non-hydrogen) atoms. The van der Waals surface area contributed by atoms with Crippen molar-refractivity contribution in [2.24, 2.45) is 0 Å². The predicted molar refractivity (Wildman–Crippen MR) is 107 cm³/mol. The molecule has 0 saturated heterocycles. The van der Waals surface area contributed by atoms with E-state index in [0.717, 1.165) is 22.6 Å². The summed E-state index contributed by atoms with van der Waals surface area (Å²) in [6, 6.07) is 18.9. The zero-order valence-corrected chi connectivity index (χ0v) is 15.4. The van der Waals surface area contributed by atoms with Gasteiger partial charge in [0.15, 0.2) is 11.6 Å². The van der Waals surface area contributed by atoms with Crippen LogP contribution in [0.2, 0.25) is 0 Å². The van der Waals surface area contributed by atoms with Crippen molar-refractivity contribution in [2.45, 2.75) is 6.92 Å². The summed E-state index contributed by atoms with van der Waals surface area (Å²) in [6.07, 6.45) is 0. The van der Waals surface area contributed by atoms with E-state index in [-0.39, 0.29) is 17.0 Å². The van der Waals surface area contributed by atoms with Crippen molar-refractivity contribution < 1.29 is 18.4 Å². The molecule has 1 heterocycles. The lowest BCUT2D eigenvalue weighted by atomic mass is 10.0. The maximum atomic E-state index is 13.6. The molecule has 3 aromatic carbocycles. The smallest absolute Gasteiger partial charge is 0.282 e. The van der Waals surface area contributed by atoms with Crippen LogP contribution in [-0.2, 0) is 9.59 Å². The maximum absolute atomic E-state index is 13.6. The lowest BCUT2D eigenvalue weighted by Crippen LogP contribution is -2.32. The minimum absolute atomic E-state index is 0.00807. The van der Waals surface area contributed by atoms with Crippen LogP contribution in [0.25, 0.3) is 5.57 Å². The van der Waals surface area contributed by atoms with E-state index in [9.17, 15) is 18.4 Å². The second kappa shape index (κ2) is 7.31. The van der Waals surface area contributed by atoms with Crippen LogP contribution in [0.1, 0.15) is 11.1 Å². The number of hydrogen-bond donors (Lipinski definition) is 1. The number of hydrogen-bond acceptors (Lipinski definition) is 3. The normalized spacial score (nSPS) is 14.0. The summed E-state index contributed by atoms with van der Waals surface area (Å²) in [5, 5.41) is 2.81. The fourth-order valence-electron chi connectivity index (χ4n) is 3.16. The van der Waals surface area contributed by atoms with E-state index < -0.39 is 23.4 Å². The molecule has 1 N–H and O–H groups in total. The fraction of sp³-hybridized carbons (Fsp3) is 0.0435. The molecule has 1 aliphatic heterocycles. The monoisotopic (exact) mass is 390 g/mol. The van der Waals surface area contributed by atoms with E-state index in [2.05, 4.69) is 5.32 Å². The molecule has 1 aliphatic rings. The second-order valence-corrected chi connectivity index (χ2v) is 6.65. The average molecular weight is 390 g/mol. The number of imide groups is 1. The van der Waals surface area contributed by atoms with Crippen LogP contribution in [0.4, 0.5) is 20.2 Å². The van der Waals surface area contributed by atoms with Crippen molar-refractivity contribution in [1.82, 2.24) is 0 Å². The zero-order chi connectivity index (χ0) is 20.5. The minimum atomic E-state index is -1.05. The third-order valence-corrected chi connectivity index (χ3v) is 4.63. The van der Waals surface area contributed by atoms with E-state index >= 15 is 0 Å². The van der Waals surface area contributed by atoms with Gasteiger partial charge in [-0.1, -0.05) is 48.0 Å². The molecule has 4 nitrogen and oxygen atoms in total. The van der Waals surface area contributed by atoms with Gasteiger partial charge in [-0.05, 0) is 36.8 Å². The molecular weight excluding hydrogens is 374 g/mol. The van der Waals surface area contributed by atoms with Gasteiger partial charge in [0, 0.05) is 11.8 Å². The molecular formula is C23H16F2N2O2. The Bertz CT molecular complexity index is 1140. The molecule has 2 amide bonds. The summed E-state index contributed by atoms with van der Waals surface area (Å²) in [5.74, 6) is -3.11. The highest BCUT2D eigenvalue weighted by atomic mass is 19.2. The SMILES string of the molecule is Cc1ccc(C2=C(Nc3ccc(F)c(F)c3)C(=O)N(c3ccccc3)C2=O)cc1. The number of nitrogens with zero attached hydrogens (tertiary/aromatic N) is 1. The van der Waals surface area contributed by atoms with Crippen molar-refractivity contribution >= 4 is 28.8 Å². The number of benzene rings is 3. The highest BCUT2D eigenvalue weighted by Gasteiger charge is 2.40. The number of rotatable bonds is 4. The summed E-state index contributed by atoms with van der Waals surface area (Å²) in [5.41, 5.74) is 2.32. The maximum Gasteiger partial charge on any atom is 0.282 e. The van der Waals surface area contributed by atoms with Crippen molar-refractivity contribution in [3.63, 3.8) is 0 Å². The molecule has 0 fully saturated rings. The Labute approximate surface area is 166 Å². The van der Waals surface area contributed by atoms with Crippen molar-refractivity contribution in [3.8, 4) is 0 Å². The van der Waals surface area contributed by atoms with E-state index in [1.807, 2.05) is 19.1 Å². The van der Waals surface area contributed by atoms with Crippen LogP contribution >= 0.6 is 0 Å². The van der Waals surface area contributed by atoms with Crippen LogP contribution in [-0.4, -0.2) is 11.8 Å². The largest absolute Gasteiger partial charge is 0.350 e. The highest BCUT2D eigenvalue weighted by molar-refractivity contribution is 6.46. The quantitative estimate of drug-likeness (QED) is 0.659. The van der Waals surface area contributed by atoms with Gasteiger partial charge in [-0.25, -0.2) is 13.7 Å². The zero-order valence-electron chi connectivity index (χ0n) is 15.4. The minimum Gasteiger partial charge on any atom is -0.350 e. The average Bonchev–Trinajstić information content (AvgIpc) is 2.96. The molecule has 0 saturated carbocycles. The third-order valence-electron chi connectivity index (χ3n) is 4.63. The lowest BCUT2D eigenvalue weighted by Gasteiger charge is -2.15. The molecule has 6 heteroatoms. The first-order valence-corrected chi connectivity index (χ1v) is 8.93. The Morgan fingerprint density at radius 1 is 0.793 bits per heavy atom. The van der Waals surface area contributed by atoms with Gasteiger partial charge in [0.2, 0.25) is 0 Å². The molecule has 0 bridgehead atoms. The topological polar surface area (TPSA) is 49.4 Å². The van der Waals surface area contributed by atoms with E-state index in [1.165, 1.54) is 6.07 Å². The molecule has 0 unspecified atom stereocenters. The molecule has 4 rings (SSSR count). The summed E-state index contributed by atoms with van der Waals surface area (Å²) in [4.78, 5) is 27.4. The number of aryl methyl sites for hydroxylation is 1. The molecule has 0 spiro atoms. The van der Waals surface area contributed by atoms with Crippen LogP contribution in [0.15, 0.2) is 78.5 Å². The first-order valence-electron chi connectivity index (χ1n) is 8.93. The van der Waals surface area contributed by atoms with Gasteiger partial charge in [0.1, 0.15) is 5.70 Å². The molecule has 0 radical (unpaired) electrons. The number of halogens is 2. The van der Waals surface area contributed by atoms with Gasteiger partial charge >= 0.3 is 0 Å². The van der Waals surface area contributed by atoms with E-state index in [0.29, 0.717) is 11.3 Å². The fourth-order valence-corrected chi connectivity index (χ4v) is 3.16. The highest BCUT2D eigenvalue weighted by Crippen LogP contribution is 2.33. The number of amides is 2. The Kier molecular flexibility index (Phi) is 4.68. The second-order valence-electron chi connectivity index (χ2n) is 6.65.